The molecule has 6 heteroatoms. The standard InChI is InChI=1S/C59H102O6/c1-4-7-10-13-16-19-22-25-28-30-32-34-37-40-43-46-49-52-58(61)64-55-56(54-63-57(60)51-48-45-42-39-36-33-27-24-21-18-15-12-9-6-3)65-59(62)53-50-47-44-41-38-35-31-29-26-23-20-17-14-11-8-5-2/h15-16,18-19,24-25,27-28,32,34,40,43,56H,4-14,17,20-23,26,29-31,33,35-39,41-42,44-55H2,1-3H3/b18-15-,19-16-,27-24-,28-25-,34-32-,43-40-/t56-/m1/s1. The molecule has 0 unspecified atom stereocenters. The minimum atomic E-state index is -0.801. The summed E-state index contributed by atoms with van der Waals surface area (Å²) in [4.78, 5) is 38.0. The van der Waals surface area contributed by atoms with Crippen molar-refractivity contribution in [2.24, 2.45) is 0 Å². The smallest absolute Gasteiger partial charge is 0.306 e. The summed E-state index contributed by atoms with van der Waals surface area (Å²) in [5.74, 6) is -0.962. The van der Waals surface area contributed by atoms with Gasteiger partial charge in [-0.2, -0.15) is 0 Å². The van der Waals surface area contributed by atoms with Crippen molar-refractivity contribution in [2.45, 2.75) is 271 Å². The molecule has 0 radical (unpaired) electrons. The first-order valence-electron chi connectivity index (χ1n) is 27.4. The molecule has 1 atom stereocenters. The molecule has 0 fully saturated rings. The van der Waals surface area contributed by atoms with Crippen molar-refractivity contribution < 1.29 is 28.6 Å². The van der Waals surface area contributed by atoms with Gasteiger partial charge in [0.25, 0.3) is 0 Å². The third kappa shape index (κ3) is 51.7. The highest BCUT2D eigenvalue weighted by Crippen LogP contribution is 2.15. The van der Waals surface area contributed by atoms with E-state index in [2.05, 4.69) is 93.7 Å². The van der Waals surface area contributed by atoms with Crippen LogP contribution >= 0.6 is 0 Å². The van der Waals surface area contributed by atoms with Crippen LogP contribution in [0.4, 0.5) is 0 Å². The molecule has 65 heavy (non-hydrogen) atoms. The largest absolute Gasteiger partial charge is 0.462 e. The van der Waals surface area contributed by atoms with Crippen LogP contribution in [0.1, 0.15) is 265 Å². The fourth-order valence-corrected chi connectivity index (χ4v) is 7.51. The number of hydrogen-bond acceptors (Lipinski definition) is 6. The lowest BCUT2D eigenvalue weighted by atomic mass is 10.0. The number of allylic oxidation sites excluding steroid dienone is 12. The van der Waals surface area contributed by atoms with Gasteiger partial charge in [0.2, 0.25) is 0 Å². The molecule has 0 aliphatic rings. The zero-order valence-electron chi connectivity index (χ0n) is 42.7. The van der Waals surface area contributed by atoms with Gasteiger partial charge < -0.3 is 14.2 Å². The molecule has 0 aromatic carbocycles. The van der Waals surface area contributed by atoms with Gasteiger partial charge >= 0.3 is 17.9 Å². The van der Waals surface area contributed by atoms with Gasteiger partial charge in [0, 0.05) is 19.3 Å². The van der Waals surface area contributed by atoms with E-state index in [1.54, 1.807) is 0 Å². The Bertz CT molecular complexity index is 1230. The van der Waals surface area contributed by atoms with E-state index >= 15 is 0 Å². The van der Waals surface area contributed by atoms with Crippen LogP contribution in [-0.2, 0) is 28.6 Å². The van der Waals surface area contributed by atoms with E-state index in [4.69, 9.17) is 14.2 Å². The molecule has 0 aromatic heterocycles. The average molecular weight is 907 g/mol. The van der Waals surface area contributed by atoms with Crippen molar-refractivity contribution in [3.05, 3.63) is 72.9 Å². The first-order chi connectivity index (χ1) is 32.0. The fraction of sp³-hybridized carbons (Fsp3) is 0.746. The number of esters is 3. The first kappa shape index (κ1) is 61.9. The molecular formula is C59H102O6. The van der Waals surface area contributed by atoms with Crippen molar-refractivity contribution in [3.63, 3.8) is 0 Å². The zero-order valence-corrected chi connectivity index (χ0v) is 42.7. The molecule has 0 aliphatic heterocycles. The molecule has 0 heterocycles. The molecule has 0 saturated heterocycles. The molecule has 0 N–H and O–H groups in total. The van der Waals surface area contributed by atoms with Crippen LogP contribution in [0.25, 0.3) is 0 Å². The summed E-state index contributed by atoms with van der Waals surface area (Å²) < 4.78 is 16.8. The molecule has 0 aliphatic carbocycles. The van der Waals surface area contributed by atoms with E-state index in [1.807, 2.05) is 0 Å². The first-order valence-corrected chi connectivity index (χ1v) is 27.4. The van der Waals surface area contributed by atoms with E-state index in [-0.39, 0.29) is 37.5 Å². The summed E-state index contributed by atoms with van der Waals surface area (Å²) >= 11 is 0. The second kappa shape index (κ2) is 53.5. The van der Waals surface area contributed by atoms with Crippen molar-refractivity contribution in [1.82, 2.24) is 0 Å². The van der Waals surface area contributed by atoms with E-state index in [0.29, 0.717) is 19.3 Å². The molecule has 0 bridgehead atoms. The highest BCUT2D eigenvalue weighted by Gasteiger charge is 2.19. The number of carbonyl (C=O) groups is 3. The van der Waals surface area contributed by atoms with Gasteiger partial charge in [0.05, 0.1) is 0 Å². The molecule has 0 saturated carbocycles. The normalized spacial score (nSPS) is 12.6. The molecular weight excluding hydrogens is 805 g/mol. The van der Waals surface area contributed by atoms with Crippen LogP contribution in [0.3, 0.4) is 0 Å². The Hall–Kier alpha value is -3.15. The summed E-state index contributed by atoms with van der Waals surface area (Å²) in [6.07, 6.45) is 67.4. The predicted octanol–water partition coefficient (Wildman–Crippen LogP) is 18.2. The van der Waals surface area contributed by atoms with Crippen LogP contribution in [0.5, 0.6) is 0 Å². The topological polar surface area (TPSA) is 78.9 Å². The minimum Gasteiger partial charge on any atom is -0.462 e. The van der Waals surface area contributed by atoms with E-state index in [0.717, 1.165) is 89.9 Å². The Kier molecular flexibility index (Phi) is 50.9. The van der Waals surface area contributed by atoms with Crippen molar-refractivity contribution >= 4 is 17.9 Å². The second-order valence-electron chi connectivity index (χ2n) is 18.1. The maximum absolute atomic E-state index is 12.8. The lowest BCUT2D eigenvalue weighted by molar-refractivity contribution is -0.167. The van der Waals surface area contributed by atoms with Crippen LogP contribution < -0.4 is 0 Å². The van der Waals surface area contributed by atoms with Crippen molar-refractivity contribution in [2.75, 3.05) is 13.2 Å². The minimum absolute atomic E-state index is 0.0981. The second-order valence-corrected chi connectivity index (χ2v) is 18.1. The van der Waals surface area contributed by atoms with Gasteiger partial charge in [-0.1, -0.05) is 235 Å². The van der Waals surface area contributed by atoms with Gasteiger partial charge in [0.1, 0.15) is 13.2 Å². The summed E-state index contributed by atoms with van der Waals surface area (Å²) in [5, 5.41) is 0. The van der Waals surface area contributed by atoms with Gasteiger partial charge in [-0.05, 0) is 83.5 Å². The molecule has 0 amide bonds. The molecule has 0 spiro atoms. The average Bonchev–Trinajstić information content (AvgIpc) is 3.30. The lowest BCUT2D eigenvalue weighted by Crippen LogP contribution is -2.30. The van der Waals surface area contributed by atoms with E-state index < -0.39 is 6.10 Å². The molecule has 0 aromatic rings. The number of hydrogen-bond donors (Lipinski definition) is 0. The van der Waals surface area contributed by atoms with Gasteiger partial charge in [-0.3, -0.25) is 14.4 Å². The fourth-order valence-electron chi connectivity index (χ4n) is 7.51. The number of carbonyl (C=O) groups excluding carboxylic acids is 3. The molecule has 374 valence electrons. The van der Waals surface area contributed by atoms with Crippen molar-refractivity contribution in [3.8, 4) is 0 Å². The lowest BCUT2D eigenvalue weighted by Gasteiger charge is -2.18. The Balaban J connectivity index is 4.47. The Labute approximate surface area is 402 Å². The molecule has 6 nitrogen and oxygen atoms in total. The predicted molar refractivity (Wildman–Crippen MR) is 279 cm³/mol. The van der Waals surface area contributed by atoms with Crippen LogP contribution in [0.2, 0.25) is 0 Å². The maximum Gasteiger partial charge on any atom is 0.306 e. The van der Waals surface area contributed by atoms with E-state index in [9.17, 15) is 14.4 Å². The monoisotopic (exact) mass is 907 g/mol. The van der Waals surface area contributed by atoms with Crippen LogP contribution in [0.15, 0.2) is 72.9 Å². The Morgan fingerprint density at radius 3 is 1.00 bits per heavy atom. The Morgan fingerprint density at radius 1 is 0.308 bits per heavy atom. The third-order valence-corrected chi connectivity index (χ3v) is 11.7. The van der Waals surface area contributed by atoms with Crippen LogP contribution in [-0.4, -0.2) is 37.2 Å². The van der Waals surface area contributed by atoms with E-state index in [1.165, 1.54) is 128 Å². The summed E-state index contributed by atoms with van der Waals surface area (Å²) in [6, 6.07) is 0. The Morgan fingerprint density at radius 2 is 0.585 bits per heavy atom. The number of ether oxygens (including phenoxy) is 3. The highest BCUT2D eigenvalue weighted by molar-refractivity contribution is 5.71. The number of unbranched alkanes of at least 4 members (excludes halogenated alkanes) is 26. The quantitative estimate of drug-likeness (QED) is 0.0262. The summed E-state index contributed by atoms with van der Waals surface area (Å²) in [6.45, 7) is 6.53. The maximum atomic E-state index is 12.8. The van der Waals surface area contributed by atoms with Crippen molar-refractivity contribution in [1.29, 1.82) is 0 Å². The SMILES string of the molecule is CCCC/C=C\C/C=C\CCCCCCCC(=O)OC[C@H](COC(=O)CCC/C=C\C/C=C\C/C=C\C/C=C\CCCCC)OC(=O)CCCCCCCCCCCCCCCCCC. The zero-order chi connectivity index (χ0) is 47.2. The molecule has 0 rings (SSSR count). The summed E-state index contributed by atoms with van der Waals surface area (Å²) in [7, 11) is 0. The number of rotatable bonds is 49. The third-order valence-electron chi connectivity index (χ3n) is 11.7. The van der Waals surface area contributed by atoms with Gasteiger partial charge in [-0.15, -0.1) is 0 Å². The van der Waals surface area contributed by atoms with Gasteiger partial charge in [0.15, 0.2) is 6.10 Å². The highest BCUT2D eigenvalue weighted by atomic mass is 16.6. The van der Waals surface area contributed by atoms with Gasteiger partial charge in [-0.25, -0.2) is 0 Å². The summed E-state index contributed by atoms with van der Waals surface area (Å²) in [5.41, 5.74) is 0. The van der Waals surface area contributed by atoms with Crippen LogP contribution in [0, 0.1) is 0 Å².